The highest BCUT2D eigenvalue weighted by atomic mass is 32.1. The van der Waals surface area contributed by atoms with Crippen molar-refractivity contribution in [1.82, 2.24) is 24.6 Å². The molecule has 6 nitrogen and oxygen atoms in total. The van der Waals surface area contributed by atoms with Crippen LogP contribution in [0.1, 0.15) is 0 Å². The van der Waals surface area contributed by atoms with Gasteiger partial charge in [-0.3, -0.25) is 5.10 Å². The average molecular weight is 368 g/mol. The van der Waals surface area contributed by atoms with Gasteiger partial charge in [-0.2, -0.15) is 4.98 Å². The van der Waals surface area contributed by atoms with Crippen LogP contribution in [0.15, 0.2) is 48.0 Å². The Kier molecular flexibility index (Phi) is 3.22. The fraction of sp³-hybridized carbons (Fsp3) is 0. The van der Waals surface area contributed by atoms with E-state index < -0.39 is 11.6 Å². The van der Waals surface area contributed by atoms with Crippen molar-refractivity contribution in [3.05, 3.63) is 59.6 Å². The van der Waals surface area contributed by atoms with Crippen LogP contribution in [0.5, 0.6) is 0 Å². The third-order valence-corrected chi connectivity index (χ3v) is 4.75. The van der Waals surface area contributed by atoms with Gasteiger partial charge >= 0.3 is 0 Å². The van der Waals surface area contributed by atoms with Gasteiger partial charge in [0.05, 0.1) is 16.7 Å². The number of imidazole rings is 1. The molecule has 0 saturated carbocycles. The summed E-state index contributed by atoms with van der Waals surface area (Å²) in [5, 5.41) is 8.66. The molecule has 3 aromatic heterocycles. The van der Waals surface area contributed by atoms with Crippen molar-refractivity contribution >= 4 is 39.8 Å². The number of nitrogens with zero attached hydrogens (tertiary/aromatic N) is 4. The highest BCUT2D eigenvalue weighted by molar-refractivity contribution is 7.13. The lowest BCUT2D eigenvalue weighted by molar-refractivity contribution is 0.586. The van der Waals surface area contributed by atoms with Crippen molar-refractivity contribution in [3.8, 4) is 10.6 Å². The van der Waals surface area contributed by atoms with Crippen molar-refractivity contribution < 1.29 is 8.78 Å². The van der Waals surface area contributed by atoms with E-state index in [9.17, 15) is 8.78 Å². The van der Waals surface area contributed by atoms with Crippen LogP contribution in [0.2, 0.25) is 0 Å². The van der Waals surface area contributed by atoms with Crippen LogP contribution >= 0.6 is 11.3 Å². The Balaban J connectivity index is 1.54. The first-order valence-electron chi connectivity index (χ1n) is 7.67. The molecule has 0 aliphatic rings. The van der Waals surface area contributed by atoms with E-state index in [4.69, 9.17) is 0 Å². The summed E-state index contributed by atoms with van der Waals surface area (Å²) >= 11 is 1.56. The number of aromatic nitrogens is 5. The molecule has 128 valence electrons. The van der Waals surface area contributed by atoms with Crippen LogP contribution in [0.4, 0.5) is 20.4 Å². The summed E-state index contributed by atoms with van der Waals surface area (Å²) in [6.45, 7) is 0. The molecule has 0 unspecified atom stereocenters. The molecular formula is C17H10F2N6S. The lowest BCUT2D eigenvalue weighted by Crippen LogP contribution is -1.97. The fourth-order valence-corrected chi connectivity index (χ4v) is 3.39. The highest BCUT2D eigenvalue weighted by Gasteiger charge is 2.13. The zero-order chi connectivity index (χ0) is 17.7. The molecule has 2 aromatic carbocycles. The molecule has 0 saturated heterocycles. The predicted octanol–water partition coefficient (Wildman–Crippen LogP) is 4.36. The van der Waals surface area contributed by atoms with Crippen molar-refractivity contribution in [2.75, 3.05) is 5.32 Å². The van der Waals surface area contributed by atoms with Gasteiger partial charge in [-0.25, -0.2) is 23.3 Å². The van der Waals surface area contributed by atoms with Gasteiger partial charge in [0.25, 0.3) is 5.78 Å². The van der Waals surface area contributed by atoms with Gasteiger partial charge in [0, 0.05) is 23.2 Å². The van der Waals surface area contributed by atoms with Crippen LogP contribution in [-0.2, 0) is 0 Å². The molecule has 0 amide bonds. The number of rotatable bonds is 3. The zero-order valence-electron chi connectivity index (χ0n) is 13.1. The first-order chi connectivity index (χ1) is 12.7. The molecule has 3 heterocycles. The number of hydrogen-bond donors (Lipinski definition) is 2. The van der Waals surface area contributed by atoms with Crippen LogP contribution in [0, 0.1) is 11.6 Å². The maximum absolute atomic E-state index is 13.8. The Bertz CT molecular complexity index is 1240. The minimum absolute atomic E-state index is 0.124. The molecule has 0 radical (unpaired) electrons. The number of thiazole rings is 1. The number of benzene rings is 2. The van der Waals surface area contributed by atoms with E-state index >= 15 is 0 Å². The first-order valence-corrected chi connectivity index (χ1v) is 8.55. The number of hydrogen-bond acceptors (Lipinski definition) is 5. The van der Waals surface area contributed by atoms with E-state index in [-0.39, 0.29) is 5.69 Å². The van der Waals surface area contributed by atoms with Gasteiger partial charge in [0.2, 0.25) is 5.95 Å². The van der Waals surface area contributed by atoms with Gasteiger partial charge in [-0.05, 0) is 30.3 Å². The van der Waals surface area contributed by atoms with Gasteiger partial charge in [-0.15, -0.1) is 11.3 Å². The number of aromatic amines is 1. The second kappa shape index (κ2) is 5.60. The molecule has 0 atom stereocenters. The average Bonchev–Trinajstić information content (AvgIpc) is 3.32. The number of anilines is 2. The lowest BCUT2D eigenvalue weighted by atomic mass is 10.2. The Hall–Kier alpha value is -3.33. The normalized spacial score (nSPS) is 11.5. The minimum Gasteiger partial charge on any atom is -0.322 e. The Morgan fingerprint density at radius 1 is 1.08 bits per heavy atom. The summed E-state index contributed by atoms with van der Waals surface area (Å²) < 4.78 is 28.5. The maximum atomic E-state index is 13.8. The smallest absolute Gasteiger partial charge is 0.253 e. The Morgan fingerprint density at radius 2 is 2.00 bits per heavy atom. The van der Waals surface area contributed by atoms with E-state index in [1.807, 2.05) is 23.6 Å². The molecule has 0 aliphatic carbocycles. The summed E-state index contributed by atoms with van der Waals surface area (Å²) in [6.07, 6.45) is 1.76. The molecule has 2 N–H and O–H groups in total. The molecule has 0 aliphatic heterocycles. The molecule has 5 rings (SSSR count). The summed E-state index contributed by atoms with van der Waals surface area (Å²) in [5.41, 5.74) is 2.72. The van der Waals surface area contributed by atoms with Crippen LogP contribution in [0.25, 0.3) is 27.4 Å². The molecule has 0 fully saturated rings. The predicted molar refractivity (Wildman–Crippen MR) is 95.6 cm³/mol. The summed E-state index contributed by atoms with van der Waals surface area (Å²) in [6, 6.07) is 9.13. The van der Waals surface area contributed by atoms with Crippen LogP contribution < -0.4 is 5.32 Å². The van der Waals surface area contributed by atoms with E-state index in [1.165, 1.54) is 12.1 Å². The van der Waals surface area contributed by atoms with Crippen molar-refractivity contribution in [3.63, 3.8) is 0 Å². The molecule has 0 bridgehead atoms. The van der Waals surface area contributed by atoms with Crippen LogP contribution in [-0.4, -0.2) is 24.6 Å². The van der Waals surface area contributed by atoms with Gasteiger partial charge < -0.3 is 5.32 Å². The van der Waals surface area contributed by atoms with Crippen molar-refractivity contribution in [2.24, 2.45) is 0 Å². The summed E-state index contributed by atoms with van der Waals surface area (Å²) in [7, 11) is 0. The van der Waals surface area contributed by atoms with Gasteiger partial charge in [0.1, 0.15) is 16.6 Å². The largest absolute Gasteiger partial charge is 0.322 e. The Labute approximate surface area is 149 Å². The fourth-order valence-electron chi connectivity index (χ4n) is 2.76. The molecule has 9 heteroatoms. The monoisotopic (exact) mass is 368 g/mol. The number of halogens is 2. The number of nitrogens with one attached hydrogen (secondary N) is 2. The summed E-state index contributed by atoms with van der Waals surface area (Å²) in [4.78, 5) is 13.1. The van der Waals surface area contributed by atoms with Crippen molar-refractivity contribution in [2.45, 2.75) is 0 Å². The zero-order valence-corrected chi connectivity index (χ0v) is 13.9. The third-order valence-electron chi connectivity index (χ3n) is 3.93. The minimum atomic E-state index is -0.697. The highest BCUT2D eigenvalue weighted by Crippen LogP contribution is 2.27. The van der Waals surface area contributed by atoms with Gasteiger partial charge in [0.15, 0.2) is 0 Å². The van der Waals surface area contributed by atoms with Crippen LogP contribution in [0.3, 0.4) is 0 Å². The number of fused-ring (bicyclic) bond motifs is 3. The van der Waals surface area contributed by atoms with E-state index in [0.717, 1.165) is 27.7 Å². The quantitative estimate of drug-likeness (QED) is 0.496. The topological polar surface area (TPSA) is 70.9 Å². The standard InChI is InChI=1S/C17H10F2N6S/c18-10-2-3-12(11(19)8-10)21-16-23-17-22-13-7-9(15-20-5-6-26-15)1-4-14(13)25(17)24-16/h1-8H,(H2,21,22,23,24). The summed E-state index contributed by atoms with van der Waals surface area (Å²) in [5.74, 6) is -0.577. The molecule has 0 spiro atoms. The SMILES string of the molecule is Fc1ccc(Nc2nc3nc4cc(-c5nccs5)ccc4n3[nH]2)c(F)c1. The van der Waals surface area contributed by atoms with Crippen molar-refractivity contribution in [1.29, 1.82) is 0 Å². The van der Waals surface area contributed by atoms with E-state index in [1.54, 1.807) is 22.0 Å². The van der Waals surface area contributed by atoms with E-state index in [0.29, 0.717) is 11.7 Å². The lowest BCUT2D eigenvalue weighted by Gasteiger charge is -2.03. The second-order valence-corrected chi connectivity index (χ2v) is 6.50. The third kappa shape index (κ3) is 2.40. The molecule has 5 aromatic rings. The van der Waals surface area contributed by atoms with Gasteiger partial charge in [-0.1, -0.05) is 0 Å². The molecule has 26 heavy (non-hydrogen) atoms. The number of H-pyrrole nitrogens is 1. The first kappa shape index (κ1) is 15.0. The van der Waals surface area contributed by atoms with E-state index in [2.05, 4.69) is 25.4 Å². The Morgan fingerprint density at radius 3 is 2.81 bits per heavy atom. The second-order valence-electron chi connectivity index (χ2n) is 5.61. The molecular weight excluding hydrogens is 358 g/mol. The maximum Gasteiger partial charge on any atom is 0.253 e.